The SMILES string of the molecule is Cc1ccccc1Nc1nc(N/N=C/c2ccc(Cl)cc2)nc(Nc2ccc([N+](=O)[O-])cc2)n1. The first-order valence-electron chi connectivity index (χ1n) is 10.1. The average molecular weight is 475 g/mol. The van der Waals surface area contributed by atoms with E-state index in [1.54, 1.807) is 30.5 Å². The molecule has 0 bridgehead atoms. The number of halogens is 1. The summed E-state index contributed by atoms with van der Waals surface area (Å²) in [5.74, 6) is 0.711. The maximum Gasteiger partial charge on any atom is 0.269 e. The summed E-state index contributed by atoms with van der Waals surface area (Å²) in [5, 5.41) is 21.9. The number of aryl methyl sites for hydroxylation is 1. The number of para-hydroxylation sites is 1. The lowest BCUT2D eigenvalue weighted by Gasteiger charge is -2.11. The maximum absolute atomic E-state index is 10.9. The Morgan fingerprint density at radius 1 is 0.882 bits per heavy atom. The van der Waals surface area contributed by atoms with E-state index in [2.05, 4.69) is 36.1 Å². The summed E-state index contributed by atoms with van der Waals surface area (Å²) < 4.78 is 0. The fraction of sp³-hybridized carbons (Fsp3) is 0.0435. The first kappa shape index (κ1) is 22.6. The van der Waals surface area contributed by atoms with Crippen LogP contribution in [-0.4, -0.2) is 26.1 Å². The number of nitro benzene ring substituents is 1. The van der Waals surface area contributed by atoms with E-state index in [1.165, 1.54) is 12.1 Å². The topological polar surface area (TPSA) is 130 Å². The van der Waals surface area contributed by atoms with E-state index in [-0.39, 0.29) is 23.5 Å². The Morgan fingerprint density at radius 3 is 2.21 bits per heavy atom. The summed E-state index contributed by atoms with van der Waals surface area (Å²) in [6, 6.07) is 20.8. The third-order valence-corrected chi connectivity index (χ3v) is 4.86. The minimum Gasteiger partial charge on any atom is -0.324 e. The molecule has 0 saturated carbocycles. The Kier molecular flexibility index (Phi) is 6.89. The molecule has 4 rings (SSSR count). The van der Waals surface area contributed by atoms with Crippen molar-refractivity contribution in [2.24, 2.45) is 5.10 Å². The molecule has 0 aliphatic carbocycles. The molecule has 0 aliphatic heterocycles. The standard InChI is InChI=1S/C23H19ClN8O2/c1-15-4-2-3-5-20(15)27-22-28-21(26-18-10-12-19(13-11-18)32(33)34)29-23(30-22)31-25-14-16-6-8-17(24)9-7-16/h2-14H,1H3,(H3,26,27,28,29,30,31)/b25-14+. The van der Waals surface area contributed by atoms with Crippen molar-refractivity contribution < 1.29 is 4.92 Å². The van der Waals surface area contributed by atoms with Crippen molar-refractivity contribution in [3.63, 3.8) is 0 Å². The number of hydrogen-bond acceptors (Lipinski definition) is 9. The van der Waals surface area contributed by atoms with E-state index >= 15 is 0 Å². The number of nitrogens with zero attached hydrogens (tertiary/aromatic N) is 5. The molecule has 3 N–H and O–H groups in total. The van der Waals surface area contributed by atoms with Crippen LogP contribution in [0.15, 0.2) is 77.9 Å². The zero-order chi connectivity index (χ0) is 23.9. The second-order valence-electron chi connectivity index (χ2n) is 7.10. The van der Waals surface area contributed by atoms with Crippen LogP contribution in [0.4, 0.5) is 34.9 Å². The molecule has 0 radical (unpaired) electrons. The lowest BCUT2D eigenvalue weighted by molar-refractivity contribution is -0.384. The van der Waals surface area contributed by atoms with Gasteiger partial charge in [0.15, 0.2) is 0 Å². The molecule has 0 aliphatic rings. The fourth-order valence-corrected chi connectivity index (χ4v) is 3.01. The van der Waals surface area contributed by atoms with Crippen LogP contribution in [0.3, 0.4) is 0 Å². The summed E-state index contributed by atoms with van der Waals surface area (Å²) in [7, 11) is 0. The Labute approximate surface area is 199 Å². The first-order valence-corrected chi connectivity index (χ1v) is 10.5. The number of non-ortho nitro benzene ring substituents is 1. The van der Waals surface area contributed by atoms with E-state index in [9.17, 15) is 10.1 Å². The Hall–Kier alpha value is -4.57. The van der Waals surface area contributed by atoms with Gasteiger partial charge in [-0.25, -0.2) is 5.43 Å². The highest BCUT2D eigenvalue weighted by Crippen LogP contribution is 2.22. The zero-order valence-corrected chi connectivity index (χ0v) is 18.7. The van der Waals surface area contributed by atoms with E-state index in [0.29, 0.717) is 10.7 Å². The van der Waals surface area contributed by atoms with Gasteiger partial charge in [0.2, 0.25) is 17.8 Å². The van der Waals surface area contributed by atoms with Gasteiger partial charge in [-0.2, -0.15) is 20.1 Å². The number of rotatable bonds is 8. The highest BCUT2D eigenvalue weighted by atomic mass is 35.5. The van der Waals surface area contributed by atoms with Crippen LogP contribution in [0.1, 0.15) is 11.1 Å². The minimum absolute atomic E-state index is 0.0120. The largest absolute Gasteiger partial charge is 0.324 e. The van der Waals surface area contributed by atoms with Crippen molar-refractivity contribution in [1.29, 1.82) is 0 Å². The molecule has 1 aromatic heterocycles. The second-order valence-corrected chi connectivity index (χ2v) is 7.53. The van der Waals surface area contributed by atoms with Gasteiger partial charge in [-0.05, 0) is 48.4 Å². The number of hydrazone groups is 1. The van der Waals surface area contributed by atoms with E-state index in [4.69, 9.17) is 11.6 Å². The van der Waals surface area contributed by atoms with Gasteiger partial charge in [0, 0.05) is 28.5 Å². The molecule has 4 aromatic rings. The monoisotopic (exact) mass is 474 g/mol. The molecule has 0 unspecified atom stereocenters. The van der Waals surface area contributed by atoms with Crippen LogP contribution in [0.2, 0.25) is 5.02 Å². The third kappa shape index (κ3) is 6.02. The van der Waals surface area contributed by atoms with Crippen molar-refractivity contribution in [2.45, 2.75) is 6.92 Å². The van der Waals surface area contributed by atoms with Gasteiger partial charge in [0.05, 0.1) is 11.1 Å². The Bertz CT molecular complexity index is 1330. The quantitative estimate of drug-likeness (QED) is 0.169. The molecule has 0 amide bonds. The number of nitro groups is 1. The van der Waals surface area contributed by atoms with Crippen LogP contribution in [0, 0.1) is 17.0 Å². The Balaban J connectivity index is 1.59. The highest BCUT2D eigenvalue weighted by molar-refractivity contribution is 6.30. The predicted molar refractivity (Wildman–Crippen MR) is 133 cm³/mol. The predicted octanol–water partition coefficient (Wildman–Crippen LogP) is 5.67. The second kappa shape index (κ2) is 10.4. The van der Waals surface area contributed by atoms with Gasteiger partial charge in [0.25, 0.3) is 5.69 Å². The molecule has 0 saturated heterocycles. The summed E-state index contributed by atoms with van der Waals surface area (Å²) >= 11 is 5.91. The summed E-state index contributed by atoms with van der Waals surface area (Å²) in [6.07, 6.45) is 1.61. The maximum atomic E-state index is 10.9. The molecule has 0 spiro atoms. The first-order chi connectivity index (χ1) is 16.5. The summed E-state index contributed by atoms with van der Waals surface area (Å²) in [5.41, 5.74) is 6.07. The fourth-order valence-electron chi connectivity index (χ4n) is 2.88. The van der Waals surface area contributed by atoms with Crippen molar-refractivity contribution >= 4 is 52.7 Å². The van der Waals surface area contributed by atoms with Gasteiger partial charge in [-0.15, -0.1) is 0 Å². The zero-order valence-electron chi connectivity index (χ0n) is 17.9. The summed E-state index contributed by atoms with van der Waals surface area (Å²) in [4.78, 5) is 23.6. The molecular weight excluding hydrogens is 456 g/mol. The highest BCUT2D eigenvalue weighted by Gasteiger charge is 2.10. The van der Waals surface area contributed by atoms with Gasteiger partial charge in [-0.1, -0.05) is 41.9 Å². The van der Waals surface area contributed by atoms with Crippen molar-refractivity contribution in [2.75, 3.05) is 16.1 Å². The summed E-state index contributed by atoms with van der Waals surface area (Å²) in [6.45, 7) is 1.97. The van der Waals surface area contributed by atoms with Crippen molar-refractivity contribution in [1.82, 2.24) is 15.0 Å². The van der Waals surface area contributed by atoms with Gasteiger partial charge >= 0.3 is 0 Å². The number of anilines is 5. The molecule has 170 valence electrons. The van der Waals surface area contributed by atoms with E-state index in [1.807, 2.05) is 43.3 Å². The van der Waals surface area contributed by atoms with Gasteiger partial charge in [0.1, 0.15) is 0 Å². The van der Waals surface area contributed by atoms with Crippen LogP contribution in [0.5, 0.6) is 0 Å². The molecule has 1 heterocycles. The van der Waals surface area contributed by atoms with E-state index in [0.717, 1.165) is 16.8 Å². The molecule has 10 nitrogen and oxygen atoms in total. The van der Waals surface area contributed by atoms with Crippen molar-refractivity contribution in [3.8, 4) is 0 Å². The normalized spacial score (nSPS) is 10.8. The van der Waals surface area contributed by atoms with Crippen molar-refractivity contribution in [3.05, 3.63) is 99.1 Å². The lowest BCUT2D eigenvalue weighted by Crippen LogP contribution is -2.07. The van der Waals surface area contributed by atoms with Crippen LogP contribution in [-0.2, 0) is 0 Å². The molecular formula is C23H19ClN8O2. The number of benzene rings is 3. The van der Waals surface area contributed by atoms with Crippen LogP contribution in [0.25, 0.3) is 0 Å². The number of hydrogen-bond donors (Lipinski definition) is 3. The molecule has 34 heavy (non-hydrogen) atoms. The Morgan fingerprint density at radius 2 is 1.53 bits per heavy atom. The number of aromatic nitrogens is 3. The van der Waals surface area contributed by atoms with Gasteiger partial charge in [-0.3, -0.25) is 10.1 Å². The number of nitrogens with one attached hydrogen (secondary N) is 3. The van der Waals surface area contributed by atoms with E-state index < -0.39 is 4.92 Å². The molecule has 0 atom stereocenters. The molecule has 3 aromatic carbocycles. The molecule has 11 heteroatoms. The van der Waals surface area contributed by atoms with Gasteiger partial charge < -0.3 is 10.6 Å². The van der Waals surface area contributed by atoms with Crippen LogP contribution >= 0.6 is 11.6 Å². The molecule has 0 fully saturated rings. The van der Waals surface area contributed by atoms with Crippen LogP contribution < -0.4 is 16.1 Å². The smallest absolute Gasteiger partial charge is 0.269 e. The lowest BCUT2D eigenvalue weighted by atomic mass is 10.2. The minimum atomic E-state index is -0.461. The third-order valence-electron chi connectivity index (χ3n) is 4.61. The average Bonchev–Trinajstić information content (AvgIpc) is 2.82.